The molecule has 0 atom stereocenters. The van der Waals surface area contributed by atoms with Crippen LogP contribution in [0.5, 0.6) is 0 Å². The summed E-state index contributed by atoms with van der Waals surface area (Å²) in [6, 6.07) is 8.48. The van der Waals surface area contributed by atoms with Crippen molar-refractivity contribution in [2.75, 3.05) is 20.2 Å². The van der Waals surface area contributed by atoms with E-state index >= 15 is 0 Å². The molecule has 0 radical (unpaired) electrons. The van der Waals surface area contributed by atoms with E-state index in [0.717, 1.165) is 17.6 Å². The summed E-state index contributed by atoms with van der Waals surface area (Å²) in [7, 11) is 2.15. The van der Waals surface area contributed by atoms with Crippen LogP contribution in [0.4, 0.5) is 0 Å². The lowest BCUT2D eigenvalue weighted by Crippen LogP contribution is -2.36. The second kappa shape index (κ2) is 6.18. The highest BCUT2D eigenvalue weighted by molar-refractivity contribution is 9.10. The topological polar surface area (TPSA) is 23.5 Å². The van der Waals surface area contributed by atoms with Gasteiger partial charge in [0.25, 0.3) is 0 Å². The zero-order valence-electron chi connectivity index (χ0n) is 11.0. The summed E-state index contributed by atoms with van der Waals surface area (Å²) in [6.45, 7) is 2.28. The van der Waals surface area contributed by atoms with Gasteiger partial charge in [-0.1, -0.05) is 40.9 Å². The maximum absolute atomic E-state index is 9.64. The first-order valence-electron chi connectivity index (χ1n) is 6.67. The van der Waals surface area contributed by atoms with Crippen molar-refractivity contribution in [3.8, 4) is 0 Å². The standard InChI is InChI=1S/C15H22BrNO/c1-17(10-13-4-6-14(16)7-5-13)11-15(12-18)8-2-3-9-15/h4-7,18H,2-3,8-12H2,1H3. The van der Waals surface area contributed by atoms with E-state index in [1.807, 2.05) is 0 Å². The van der Waals surface area contributed by atoms with Crippen LogP contribution >= 0.6 is 15.9 Å². The van der Waals surface area contributed by atoms with E-state index < -0.39 is 0 Å². The third-order valence-electron chi connectivity index (χ3n) is 3.97. The lowest BCUT2D eigenvalue weighted by molar-refractivity contribution is 0.0864. The molecule has 100 valence electrons. The molecule has 0 spiro atoms. The Labute approximate surface area is 118 Å². The number of hydrogen-bond donors (Lipinski definition) is 1. The Bertz CT molecular complexity index is 371. The minimum atomic E-state index is 0.157. The van der Waals surface area contributed by atoms with E-state index in [1.165, 1.54) is 31.2 Å². The lowest BCUT2D eigenvalue weighted by Gasteiger charge is -2.31. The van der Waals surface area contributed by atoms with E-state index in [1.54, 1.807) is 0 Å². The molecule has 1 saturated carbocycles. The van der Waals surface area contributed by atoms with Crippen molar-refractivity contribution in [1.82, 2.24) is 4.90 Å². The molecule has 3 heteroatoms. The molecular formula is C15H22BrNO. The quantitative estimate of drug-likeness (QED) is 0.900. The van der Waals surface area contributed by atoms with Crippen molar-refractivity contribution in [2.24, 2.45) is 5.41 Å². The van der Waals surface area contributed by atoms with Gasteiger partial charge in [0.05, 0.1) is 0 Å². The maximum Gasteiger partial charge on any atom is 0.0499 e. The highest BCUT2D eigenvalue weighted by Gasteiger charge is 2.34. The number of rotatable bonds is 5. The second-order valence-electron chi connectivity index (χ2n) is 5.66. The van der Waals surface area contributed by atoms with Crippen LogP contribution < -0.4 is 0 Å². The van der Waals surface area contributed by atoms with Crippen molar-refractivity contribution in [2.45, 2.75) is 32.2 Å². The SMILES string of the molecule is CN(Cc1ccc(Br)cc1)CC1(CO)CCCC1. The molecule has 0 bridgehead atoms. The van der Waals surface area contributed by atoms with Gasteiger partial charge in [-0.2, -0.15) is 0 Å². The zero-order valence-corrected chi connectivity index (χ0v) is 12.6. The predicted octanol–water partition coefficient (Wildman–Crippen LogP) is 3.43. The molecule has 2 rings (SSSR count). The summed E-state index contributed by atoms with van der Waals surface area (Å²) < 4.78 is 1.12. The Kier molecular flexibility index (Phi) is 4.82. The lowest BCUT2D eigenvalue weighted by atomic mass is 9.86. The highest BCUT2D eigenvalue weighted by Crippen LogP contribution is 2.38. The van der Waals surface area contributed by atoms with E-state index in [4.69, 9.17) is 0 Å². The Hall–Kier alpha value is -0.380. The first-order valence-corrected chi connectivity index (χ1v) is 7.47. The van der Waals surface area contributed by atoms with Crippen molar-refractivity contribution < 1.29 is 5.11 Å². The van der Waals surface area contributed by atoms with Gasteiger partial charge in [0.1, 0.15) is 0 Å². The molecular weight excluding hydrogens is 290 g/mol. The van der Waals surface area contributed by atoms with Gasteiger partial charge >= 0.3 is 0 Å². The third-order valence-corrected chi connectivity index (χ3v) is 4.50. The number of aliphatic hydroxyl groups is 1. The molecule has 0 aromatic heterocycles. The minimum Gasteiger partial charge on any atom is -0.396 e. The summed E-state index contributed by atoms with van der Waals surface area (Å²) in [5, 5.41) is 9.64. The molecule has 0 amide bonds. The smallest absolute Gasteiger partial charge is 0.0499 e. The molecule has 1 aliphatic rings. The molecule has 0 heterocycles. The Morgan fingerprint density at radius 2 is 1.83 bits per heavy atom. The van der Waals surface area contributed by atoms with Crippen LogP contribution in [0.3, 0.4) is 0 Å². The summed E-state index contributed by atoms with van der Waals surface area (Å²) >= 11 is 3.46. The van der Waals surface area contributed by atoms with E-state index in [-0.39, 0.29) is 5.41 Å². The Balaban J connectivity index is 1.91. The zero-order chi connectivity index (χ0) is 13.0. The summed E-state index contributed by atoms with van der Waals surface area (Å²) in [5.41, 5.74) is 1.48. The summed E-state index contributed by atoms with van der Waals surface area (Å²) in [5.74, 6) is 0. The fourth-order valence-corrected chi connectivity index (χ4v) is 3.29. The molecule has 1 N–H and O–H groups in total. The van der Waals surface area contributed by atoms with E-state index in [9.17, 15) is 5.11 Å². The maximum atomic E-state index is 9.64. The van der Waals surface area contributed by atoms with Gasteiger partial charge in [0.2, 0.25) is 0 Å². The number of hydrogen-bond acceptors (Lipinski definition) is 2. The molecule has 0 aliphatic heterocycles. The van der Waals surface area contributed by atoms with E-state index in [0.29, 0.717) is 6.61 Å². The molecule has 2 nitrogen and oxygen atoms in total. The monoisotopic (exact) mass is 311 g/mol. The molecule has 1 fully saturated rings. The Morgan fingerprint density at radius 3 is 2.39 bits per heavy atom. The fourth-order valence-electron chi connectivity index (χ4n) is 3.02. The van der Waals surface area contributed by atoms with E-state index in [2.05, 4.69) is 52.1 Å². The van der Waals surface area contributed by atoms with Gasteiger partial charge in [0.15, 0.2) is 0 Å². The van der Waals surface area contributed by atoms with Gasteiger partial charge in [-0.15, -0.1) is 0 Å². The van der Waals surface area contributed by atoms with Gasteiger partial charge in [0, 0.05) is 29.6 Å². The van der Waals surface area contributed by atoms with Gasteiger partial charge < -0.3 is 10.0 Å². The number of aliphatic hydroxyl groups excluding tert-OH is 1. The van der Waals surface area contributed by atoms with Crippen molar-refractivity contribution in [3.05, 3.63) is 34.3 Å². The Morgan fingerprint density at radius 1 is 1.22 bits per heavy atom. The number of nitrogens with zero attached hydrogens (tertiary/aromatic N) is 1. The van der Waals surface area contributed by atoms with Crippen LogP contribution in [0.25, 0.3) is 0 Å². The normalized spacial score (nSPS) is 18.4. The number of benzene rings is 1. The first-order chi connectivity index (χ1) is 8.63. The first kappa shape index (κ1) is 14.0. The molecule has 18 heavy (non-hydrogen) atoms. The van der Waals surface area contributed by atoms with Crippen molar-refractivity contribution >= 4 is 15.9 Å². The molecule has 0 unspecified atom stereocenters. The molecule has 1 aromatic carbocycles. The van der Waals surface area contributed by atoms with Crippen LogP contribution in [0.2, 0.25) is 0 Å². The van der Waals surface area contributed by atoms with Crippen LogP contribution in [-0.2, 0) is 6.54 Å². The molecule has 0 saturated heterocycles. The van der Waals surface area contributed by atoms with Crippen LogP contribution in [-0.4, -0.2) is 30.2 Å². The average Bonchev–Trinajstić information content (AvgIpc) is 2.81. The van der Waals surface area contributed by atoms with Gasteiger partial charge in [-0.25, -0.2) is 0 Å². The third kappa shape index (κ3) is 3.56. The van der Waals surface area contributed by atoms with Crippen LogP contribution in [0, 0.1) is 5.41 Å². The summed E-state index contributed by atoms with van der Waals surface area (Å²) in [4.78, 5) is 2.34. The minimum absolute atomic E-state index is 0.157. The van der Waals surface area contributed by atoms with Crippen molar-refractivity contribution in [3.63, 3.8) is 0 Å². The largest absolute Gasteiger partial charge is 0.396 e. The fraction of sp³-hybridized carbons (Fsp3) is 0.600. The van der Waals surface area contributed by atoms with Crippen molar-refractivity contribution in [1.29, 1.82) is 0 Å². The van der Waals surface area contributed by atoms with Crippen LogP contribution in [0.1, 0.15) is 31.2 Å². The summed E-state index contributed by atoms with van der Waals surface area (Å²) in [6.07, 6.45) is 4.89. The molecule has 1 aromatic rings. The highest BCUT2D eigenvalue weighted by atomic mass is 79.9. The number of halogens is 1. The molecule has 1 aliphatic carbocycles. The average molecular weight is 312 g/mol. The van der Waals surface area contributed by atoms with Gasteiger partial charge in [-0.3, -0.25) is 0 Å². The van der Waals surface area contributed by atoms with Crippen LogP contribution in [0.15, 0.2) is 28.7 Å². The van der Waals surface area contributed by atoms with Gasteiger partial charge in [-0.05, 0) is 37.6 Å². The predicted molar refractivity (Wildman–Crippen MR) is 78.5 cm³/mol. The second-order valence-corrected chi connectivity index (χ2v) is 6.58.